The fraction of sp³-hybridized carbons (Fsp3) is 0.467. The number of halogens is 1. The average molecular weight is 309 g/mol. The Balaban J connectivity index is 2.15. The molecule has 1 N–H and O–H groups in total. The van der Waals surface area contributed by atoms with Gasteiger partial charge in [0.05, 0.1) is 4.92 Å². The fourth-order valence-corrected chi connectivity index (χ4v) is 3.42. The largest absolute Gasteiger partial charge is 0.461 e. The summed E-state index contributed by atoms with van der Waals surface area (Å²) >= 11 is 5.99. The number of hydrogen-bond acceptors (Lipinski definition) is 4. The quantitative estimate of drug-likeness (QED) is 0.679. The van der Waals surface area contributed by atoms with Gasteiger partial charge in [-0.1, -0.05) is 18.5 Å². The van der Waals surface area contributed by atoms with Gasteiger partial charge in [0, 0.05) is 23.1 Å². The van der Waals surface area contributed by atoms with E-state index >= 15 is 0 Å². The number of rotatable bonds is 3. The van der Waals surface area contributed by atoms with Gasteiger partial charge >= 0.3 is 5.69 Å². The van der Waals surface area contributed by atoms with E-state index in [2.05, 4.69) is 5.32 Å². The molecule has 0 radical (unpaired) electrons. The topological polar surface area (TPSA) is 64.4 Å². The number of ether oxygens (including phenoxy) is 1. The van der Waals surface area contributed by atoms with Crippen LogP contribution in [-0.2, 0) is 0 Å². The van der Waals surface area contributed by atoms with E-state index in [1.165, 1.54) is 6.07 Å². The van der Waals surface area contributed by atoms with Gasteiger partial charge in [0.15, 0.2) is 5.72 Å². The average Bonchev–Trinajstić information content (AvgIpc) is 2.44. The van der Waals surface area contributed by atoms with Crippen molar-refractivity contribution in [3.63, 3.8) is 0 Å². The van der Waals surface area contributed by atoms with Gasteiger partial charge in [-0.25, -0.2) is 0 Å². The monoisotopic (exact) mass is 308 g/mol. The van der Waals surface area contributed by atoms with Crippen LogP contribution in [0.25, 0.3) is 6.08 Å². The zero-order valence-corrected chi connectivity index (χ0v) is 12.6. The van der Waals surface area contributed by atoms with Gasteiger partial charge in [-0.05, 0) is 43.5 Å². The van der Waals surface area contributed by atoms with Gasteiger partial charge in [-0.3, -0.25) is 15.4 Å². The molecule has 6 heteroatoms. The van der Waals surface area contributed by atoms with Gasteiger partial charge in [0.1, 0.15) is 0 Å². The van der Waals surface area contributed by atoms with E-state index in [0.717, 1.165) is 37.8 Å². The Kier molecular flexibility index (Phi) is 3.63. The molecule has 1 saturated carbocycles. The summed E-state index contributed by atoms with van der Waals surface area (Å²) in [5, 5.41) is 15.0. The number of likely N-dealkylation sites (N-methyl/N-ethyl adjacent to an activating group) is 1. The zero-order chi connectivity index (χ0) is 15.0. The number of benzene rings is 1. The Bertz CT molecular complexity index is 626. The summed E-state index contributed by atoms with van der Waals surface area (Å²) in [7, 11) is 0. The first kappa shape index (κ1) is 14.4. The smallest absolute Gasteiger partial charge is 0.313 e. The molecule has 0 bridgehead atoms. The molecule has 1 aromatic rings. The van der Waals surface area contributed by atoms with E-state index in [1.54, 1.807) is 6.07 Å². The lowest BCUT2D eigenvalue weighted by molar-refractivity contribution is -0.386. The standard InChI is InChI=1S/C15H17ClN2O3/c1-2-17-15-6-4-3-5-11(15)7-10-8-12(16)9-13(18(19)20)14(10)21-15/h7-9,17H,2-6H2,1H3. The minimum atomic E-state index is -0.599. The Morgan fingerprint density at radius 1 is 1.48 bits per heavy atom. The molecule has 1 unspecified atom stereocenters. The molecule has 1 aliphatic carbocycles. The number of nitrogens with zero attached hydrogens (tertiary/aromatic N) is 1. The lowest BCUT2D eigenvalue weighted by Crippen LogP contribution is -2.54. The molecular formula is C15H17ClN2O3. The van der Waals surface area contributed by atoms with Crippen LogP contribution < -0.4 is 10.1 Å². The van der Waals surface area contributed by atoms with E-state index in [4.69, 9.17) is 16.3 Å². The maximum absolute atomic E-state index is 11.3. The summed E-state index contributed by atoms with van der Waals surface area (Å²) in [6.07, 6.45) is 5.92. The van der Waals surface area contributed by atoms with E-state index in [9.17, 15) is 10.1 Å². The van der Waals surface area contributed by atoms with Crippen LogP contribution in [0, 0.1) is 10.1 Å². The molecule has 1 aromatic carbocycles. The van der Waals surface area contributed by atoms with Crippen molar-refractivity contribution >= 4 is 23.4 Å². The zero-order valence-electron chi connectivity index (χ0n) is 11.8. The van der Waals surface area contributed by atoms with Crippen molar-refractivity contribution in [2.45, 2.75) is 38.3 Å². The summed E-state index contributed by atoms with van der Waals surface area (Å²) in [6, 6.07) is 3.07. The Hall–Kier alpha value is -1.59. The second-order valence-corrected chi connectivity index (χ2v) is 5.87. The molecule has 1 atom stereocenters. The molecule has 2 aliphatic rings. The van der Waals surface area contributed by atoms with E-state index in [-0.39, 0.29) is 5.69 Å². The summed E-state index contributed by atoms with van der Waals surface area (Å²) in [6.45, 7) is 2.75. The molecule has 1 fully saturated rings. The first-order valence-corrected chi connectivity index (χ1v) is 7.56. The molecule has 112 valence electrons. The number of nitrogens with one attached hydrogen (secondary N) is 1. The third kappa shape index (κ3) is 2.40. The van der Waals surface area contributed by atoms with Crippen LogP contribution in [0.2, 0.25) is 5.02 Å². The molecule has 21 heavy (non-hydrogen) atoms. The lowest BCUT2D eigenvalue weighted by atomic mass is 9.83. The van der Waals surface area contributed by atoms with E-state index < -0.39 is 10.6 Å². The van der Waals surface area contributed by atoms with Crippen LogP contribution in [0.1, 0.15) is 38.2 Å². The Morgan fingerprint density at radius 2 is 2.29 bits per heavy atom. The van der Waals surface area contributed by atoms with Gasteiger partial charge in [0.25, 0.3) is 0 Å². The first-order chi connectivity index (χ1) is 10.1. The molecule has 5 nitrogen and oxygen atoms in total. The molecule has 0 saturated heterocycles. The number of fused-ring (bicyclic) bond motifs is 2. The van der Waals surface area contributed by atoms with Crippen molar-refractivity contribution in [2.24, 2.45) is 0 Å². The van der Waals surface area contributed by atoms with Crippen LogP contribution >= 0.6 is 11.6 Å². The highest BCUT2D eigenvalue weighted by atomic mass is 35.5. The van der Waals surface area contributed by atoms with E-state index in [1.807, 2.05) is 13.0 Å². The van der Waals surface area contributed by atoms with Crippen molar-refractivity contribution in [3.05, 3.63) is 38.4 Å². The number of hydrogen-bond donors (Lipinski definition) is 1. The van der Waals surface area contributed by atoms with Gasteiger partial charge in [0.2, 0.25) is 5.75 Å². The maximum Gasteiger partial charge on any atom is 0.313 e. The third-order valence-corrected chi connectivity index (χ3v) is 4.29. The van der Waals surface area contributed by atoms with Crippen LogP contribution in [0.15, 0.2) is 17.7 Å². The minimum absolute atomic E-state index is 0.0735. The second kappa shape index (κ2) is 5.31. The highest BCUT2D eigenvalue weighted by Crippen LogP contribution is 2.46. The third-order valence-electron chi connectivity index (χ3n) is 4.07. The molecular weight excluding hydrogens is 292 g/mol. The highest BCUT2D eigenvalue weighted by Gasteiger charge is 2.42. The van der Waals surface area contributed by atoms with Crippen LogP contribution in [0.3, 0.4) is 0 Å². The van der Waals surface area contributed by atoms with Crippen molar-refractivity contribution in [1.82, 2.24) is 5.32 Å². The van der Waals surface area contributed by atoms with Gasteiger partial charge in [-0.2, -0.15) is 0 Å². The van der Waals surface area contributed by atoms with Crippen LogP contribution in [0.5, 0.6) is 5.75 Å². The van der Waals surface area contributed by atoms with Crippen LogP contribution in [-0.4, -0.2) is 17.2 Å². The molecule has 0 amide bonds. The maximum atomic E-state index is 11.3. The van der Waals surface area contributed by atoms with Crippen molar-refractivity contribution < 1.29 is 9.66 Å². The SMILES string of the molecule is CCNC12CCCCC1=Cc1cc(Cl)cc([N+](=O)[O-])c1O2. The molecule has 0 spiro atoms. The normalized spacial score (nSPS) is 23.6. The van der Waals surface area contributed by atoms with Gasteiger partial charge < -0.3 is 4.74 Å². The minimum Gasteiger partial charge on any atom is -0.461 e. The Morgan fingerprint density at radius 3 is 3.00 bits per heavy atom. The second-order valence-electron chi connectivity index (χ2n) is 5.44. The summed E-state index contributed by atoms with van der Waals surface area (Å²) in [5.74, 6) is 0.316. The van der Waals surface area contributed by atoms with E-state index in [0.29, 0.717) is 16.3 Å². The first-order valence-electron chi connectivity index (χ1n) is 7.19. The molecule has 1 aliphatic heterocycles. The number of nitro groups is 1. The predicted molar refractivity (Wildman–Crippen MR) is 81.6 cm³/mol. The molecule has 3 rings (SSSR count). The highest BCUT2D eigenvalue weighted by molar-refractivity contribution is 6.31. The summed E-state index contributed by atoms with van der Waals surface area (Å²) < 4.78 is 6.13. The van der Waals surface area contributed by atoms with Crippen molar-refractivity contribution in [3.8, 4) is 5.75 Å². The predicted octanol–water partition coefficient (Wildman–Crippen LogP) is 3.90. The molecule has 0 aromatic heterocycles. The Labute approximate surface area is 128 Å². The van der Waals surface area contributed by atoms with Crippen LogP contribution in [0.4, 0.5) is 5.69 Å². The fourth-order valence-electron chi connectivity index (χ4n) is 3.20. The number of nitro benzene ring substituents is 1. The van der Waals surface area contributed by atoms with Gasteiger partial charge in [-0.15, -0.1) is 0 Å². The van der Waals surface area contributed by atoms with Crippen molar-refractivity contribution in [2.75, 3.05) is 6.54 Å². The van der Waals surface area contributed by atoms with Crippen molar-refractivity contribution in [1.29, 1.82) is 0 Å². The lowest BCUT2D eigenvalue weighted by Gasteiger charge is -2.42. The molecule has 1 heterocycles. The summed E-state index contributed by atoms with van der Waals surface area (Å²) in [4.78, 5) is 10.8. The summed E-state index contributed by atoms with van der Waals surface area (Å²) in [5.41, 5.74) is 1.17.